The lowest BCUT2D eigenvalue weighted by molar-refractivity contribution is -0.147. The van der Waals surface area contributed by atoms with Gasteiger partial charge < -0.3 is 20.9 Å². The Labute approximate surface area is 313 Å². The molecular formula is C44H78N2O5. The van der Waals surface area contributed by atoms with Gasteiger partial charge in [-0.15, -0.1) is 0 Å². The molecule has 0 aromatic rings. The molecule has 51 heavy (non-hydrogen) atoms. The molecule has 0 heterocycles. The van der Waals surface area contributed by atoms with E-state index in [2.05, 4.69) is 61.7 Å². The molecule has 294 valence electrons. The Morgan fingerprint density at radius 3 is 1.57 bits per heavy atom. The molecule has 2 atom stereocenters. The fraction of sp³-hybridized carbons (Fsp3) is 0.750. The zero-order chi connectivity index (χ0) is 37.5. The van der Waals surface area contributed by atoms with Crippen molar-refractivity contribution in [3.8, 4) is 0 Å². The van der Waals surface area contributed by atoms with Crippen molar-refractivity contribution < 1.29 is 24.2 Å². The van der Waals surface area contributed by atoms with Crippen LogP contribution >= 0.6 is 0 Å². The number of hydrogen-bond acceptors (Lipinski definition) is 5. The first-order valence-corrected chi connectivity index (χ1v) is 21.0. The molecule has 0 spiro atoms. The normalized spacial score (nSPS) is 13.2. The fourth-order valence-electron chi connectivity index (χ4n) is 6.01. The summed E-state index contributed by atoms with van der Waals surface area (Å²) in [6, 6.07) is -0.891. The highest BCUT2D eigenvalue weighted by Crippen LogP contribution is 2.16. The first kappa shape index (κ1) is 48.3. The molecule has 0 aliphatic carbocycles. The molecule has 4 N–H and O–H groups in total. The predicted molar refractivity (Wildman–Crippen MR) is 216 cm³/mol. The number of esters is 1. The molecule has 2 unspecified atom stereocenters. The van der Waals surface area contributed by atoms with Crippen molar-refractivity contribution in [1.29, 1.82) is 0 Å². The highest BCUT2D eigenvalue weighted by atomic mass is 16.5. The molecule has 0 saturated heterocycles. The maximum atomic E-state index is 12.7. The van der Waals surface area contributed by atoms with Crippen molar-refractivity contribution in [2.45, 2.75) is 206 Å². The van der Waals surface area contributed by atoms with Gasteiger partial charge in [-0.1, -0.05) is 159 Å². The minimum Gasteiger partial charge on any atom is -0.480 e. The van der Waals surface area contributed by atoms with E-state index in [-0.39, 0.29) is 24.4 Å². The Morgan fingerprint density at radius 1 is 0.588 bits per heavy atom. The Bertz CT molecular complexity index is 942. The summed E-state index contributed by atoms with van der Waals surface area (Å²) in [6.07, 6.45) is 46.0. The second kappa shape index (κ2) is 38.6. The molecule has 0 aromatic carbocycles. The summed E-state index contributed by atoms with van der Waals surface area (Å²) in [6.45, 7) is 4.80. The molecule has 0 rings (SSSR count). The number of aliphatic carboxylic acids is 1. The minimum atomic E-state index is -1.03. The summed E-state index contributed by atoms with van der Waals surface area (Å²) in [5, 5.41) is 11.9. The number of nitrogens with two attached hydrogens (primary N) is 1. The number of carbonyl (C=O) groups excluding carboxylic acids is 2. The Morgan fingerprint density at radius 2 is 1.06 bits per heavy atom. The summed E-state index contributed by atoms with van der Waals surface area (Å²) in [5.41, 5.74) is 5.48. The number of amides is 1. The number of unbranched alkanes of at least 4 members (excludes halogenated alkanes) is 17. The Hall–Kier alpha value is -2.67. The third-order valence-electron chi connectivity index (χ3n) is 9.14. The van der Waals surface area contributed by atoms with Crippen molar-refractivity contribution in [3.05, 3.63) is 48.6 Å². The quantitative estimate of drug-likeness (QED) is 0.0335. The van der Waals surface area contributed by atoms with E-state index in [1.807, 2.05) is 6.08 Å². The van der Waals surface area contributed by atoms with E-state index < -0.39 is 12.0 Å². The lowest BCUT2D eigenvalue weighted by Crippen LogP contribution is -2.40. The lowest BCUT2D eigenvalue weighted by atomic mass is 10.0. The van der Waals surface area contributed by atoms with Crippen LogP contribution in [0.5, 0.6) is 0 Å². The van der Waals surface area contributed by atoms with Crippen LogP contribution in [0.25, 0.3) is 0 Å². The molecule has 7 heteroatoms. The van der Waals surface area contributed by atoms with Crippen LogP contribution in [-0.2, 0) is 19.1 Å². The summed E-state index contributed by atoms with van der Waals surface area (Å²) in [7, 11) is 0. The number of allylic oxidation sites excluding steroid dienone is 7. The largest absolute Gasteiger partial charge is 0.480 e. The highest BCUT2D eigenvalue weighted by molar-refractivity contribution is 5.83. The van der Waals surface area contributed by atoms with E-state index in [1.54, 1.807) is 0 Å². The zero-order valence-electron chi connectivity index (χ0n) is 32.9. The molecule has 0 bridgehead atoms. The van der Waals surface area contributed by atoms with Crippen molar-refractivity contribution in [2.75, 3.05) is 6.54 Å². The number of ether oxygens (including phenoxy) is 1. The maximum Gasteiger partial charge on any atom is 0.326 e. The van der Waals surface area contributed by atoms with Gasteiger partial charge in [0, 0.05) is 12.8 Å². The molecule has 0 aromatic heterocycles. The van der Waals surface area contributed by atoms with Crippen molar-refractivity contribution in [1.82, 2.24) is 5.32 Å². The van der Waals surface area contributed by atoms with E-state index >= 15 is 0 Å². The number of carboxylic acids is 1. The second-order valence-corrected chi connectivity index (χ2v) is 14.0. The highest BCUT2D eigenvalue weighted by Gasteiger charge is 2.19. The van der Waals surface area contributed by atoms with Gasteiger partial charge in [0.15, 0.2) is 0 Å². The van der Waals surface area contributed by atoms with Gasteiger partial charge in [-0.25, -0.2) is 4.79 Å². The van der Waals surface area contributed by atoms with Crippen LogP contribution in [0.2, 0.25) is 0 Å². The van der Waals surface area contributed by atoms with Gasteiger partial charge >= 0.3 is 11.9 Å². The van der Waals surface area contributed by atoms with E-state index in [9.17, 15) is 19.5 Å². The molecule has 0 radical (unpaired) electrons. The van der Waals surface area contributed by atoms with Gasteiger partial charge in [-0.3, -0.25) is 9.59 Å². The summed E-state index contributed by atoms with van der Waals surface area (Å²) in [4.78, 5) is 36.4. The van der Waals surface area contributed by atoms with E-state index in [0.717, 1.165) is 51.4 Å². The summed E-state index contributed by atoms with van der Waals surface area (Å²) >= 11 is 0. The van der Waals surface area contributed by atoms with E-state index in [1.165, 1.54) is 89.9 Å². The predicted octanol–water partition coefficient (Wildman–Crippen LogP) is 11.6. The average Bonchev–Trinajstić information content (AvgIpc) is 3.11. The Balaban J connectivity index is 4.41. The monoisotopic (exact) mass is 715 g/mol. The first-order chi connectivity index (χ1) is 24.9. The van der Waals surface area contributed by atoms with Crippen LogP contribution < -0.4 is 11.1 Å². The first-order valence-electron chi connectivity index (χ1n) is 21.0. The molecule has 0 fully saturated rings. The van der Waals surface area contributed by atoms with Gasteiger partial charge in [-0.05, 0) is 76.8 Å². The van der Waals surface area contributed by atoms with Crippen LogP contribution in [-0.4, -0.2) is 41.6 Å². The van der Waals surface area contributed by atoms with Gasteiger partial charge in [0.25, 0.3) is 0 Å². The molecule has 0 aliphatic heterocycles. The summed E-state index contributed by atoms with van der Waals surface area (Å²) < 4.78 is 5.89. The second-order valence-electron chi connectivity index (χ2n) is 14.0. The SMILES string of the molecule is CC/C=C\C/C=C\C/C=C\C/C=C\C(CCCCCC(=O)NC(CCCN)C(=O)O)OC(=O)CCCCCCCCCCCCCCCCCC. The molecule has 1 amide bonds. The molecule has 0 saturated carbocycles. The van der Waals surface area contributed by atoms with Gasteiger partial charge in [0.05, 0.1) is 0 Å². The van der Waals surface area contributed by atoms with E-state index in [0.29, 0.717) is 38.6 Å². The van der Waals surface area contributed by atoms with Crippen molar-refractivity contribution in [3.63, 3.8) is 0 Å². The zero-order valence-corrected chi connectivity index (χ0v) is 32.9. The standard InChI is InChI=1S/C44H78N2O5/c1-3-5-7-9-11-13-15-16-17-18-19-21-23-25-27-32-38-43(48)51-40(34-29-26-24-22-20-14-12-10-8-6-4-2)35-30-28-31-37-42(47)46-41(44(49)50)36-33-39-45/h6,8,12,14,22,24,29,34,40-41H,3-5,7,9-11,13,15-21,23,25-28,30-33,35-39,45H2,1-2H3,(H,46,47)(H,49,50)/b8-6-,14-12-,24-22-,34-29-. The Kier molecular flexibility index (Phi) is 36.5. The number of carboxylic acid groups (broad SMARTS) is 1. The number of rotatable bonds is 37. The third-order valence-corrected chi connectivity index (χ3v) is 9.14. The van der Waals surface area contributed by atoms with Gasteiger partial charge in [0.2, 0.25) is 5.91 Å². The molecular weight excluding hydrogens is 636 g/mol. The van der Waals surface area contributed by atoms with Crippen LogP contribution in [0.4, 0.5) is 0 Å². The van der Waals surface area contributed by atoms with Gasteiger partial charge in [-0.2, -0.15) is 0 Å². The number of nitrogens with one attached hydrogen (secondary N) is 1. The van der Waals surface area contributed by atoms with Crippen LogP contribution in [0.15, 0.2) is 48.6 Å². The van der Waals surface area contributed by atoms with Crippen molar-refractivity contribution >= 4 is 17.8 Å². The smallest absolute Gasteiger partial charge is 0.326 e. The topological polar surface area (TPSA) is 119 Å². The third kappa shape index (κ3) is 35.5. The minimum absolute atomic E-state index is 0.135. The summed E-state index contributed by atoms with van der Waals surface area (Å²) in [5.74, 6) is -1.41. The lowest BCUT2D eigenvalue weighted by Gasteiger charge is -2.15. The van der Waals surface area contributed by atoms with Crippen molar-refractivity contribution in [2.24, 2.45) is 5.73 Å². The van der Waals surface area contributed by atoms with Crippen LogP contribution in [0.3, 0.4) is 0 Å². The average molecular weight is 715 g/mol. The fourth-order valence-corrected chi connectivity index (χ4v) is 6.01. The van der Waals surface area contributed by atoms with Crippen LogP contribution in [0.1, 0.15) is 194 Å². The maximum absolute atomic E-state index is 12.7. The molecule has 0 aliphatic rings. The van der Waals surface area contributed by atoms with Gasteiger partial charge in [0.1, 0.15) is 12.1 Å². The number of carbonyl (C=O) groups is 3. The number of hydrogen-bond donors (Lipinski definition) is 3. The van der Waals surface area contributed by atoms with Crippen LogP contribution in [0, 0.1) is 0 Å². The van der Waals surface area contributed by atoms with E-state index in [4.69, 9.17) is 10.5 Å². The molecule has 7 nitrogen and oxygen atoms in total.